The maximum absolute atomic E-state index is 12.4. The van der Waals surface area contributed by atoms with Crippen molar-refractivity contribution < 1.29 is 14.6 Å². The molecule has 0 saturated carbocycles. The first-order valence-corrected chi connectivity index (χ1v) is 7.57. The van der Waals surface area contributed by atoms with E-state index in [1.165, 1.54) is 0 Å². The first kappa shape index (κ1) is 15.7. The maximum Gasteiger partial charge on any atom is 0.410 e. The van der Waals surface area contributed by atoms with Crippen LogP contribution in [0.3, 0.4) is 0 Å². The molecule has 0 bridgehead atoms. The maximum atomic E-state index is 12.4. The van der Waals surface area contributed by atoms with E-state index in [0.29, 0.717) is 5.75 Å². The third kappa shape index (κ3) is 3.90. The molecule has 2 rings (SSSR count). The van der Waals surface area contributed by atoms with Gasteiger partial charge in [0.05, 0.1) is 6.04 Å². The molecule has 1 aromatic carbocycles. The second-order valence-electron chi connectivity index (χ2n) is 6.73. The summed E-state index contributed by atoms with van der Waals surface area (Å²) in [7, 11) is 0. The van der Waals surface area contributed by atoms with Gasteiger partial charge in [-0.3, -0.25) is 0 Å². The molecule has 1 aliphatic heterocycles. The van der Waals surface area contributed by atoms with Gasteiger partial charge in [0.25, 0.3) is 0 Å². The summed E-state index contributed by atoms with van der Waals surface area (Å²) in [5.74, 6) is 0.290. The van der Waals surface area contributed by atoms with E-state index in [9.17, 15) is 9.90 Å². The minimum atomic E-state index is -0.482. The lowest BCUT2D eigenvalue weighted by Gasteiger charge is -2.37. The Morgan fingerprint density at radius 1 is 1.33 bits per heavy atom. The fourth-order valence-corrected chi connectivity index (χ4v) is 2.70. The number of ether oxygens (including phenoxy) is 1. The van der Waals surface area contributed by atoms with Crippen molar-refractivity contribution in [3.8, 4) is 5.75 Å². The summed E-state index contributed by atoms with van der Waals surface area (Å²) in [4.78, 5) is 14.2. The molecule has 1 atom stereocenters. The van der Waals surface area contributed by atoms with Gasteiger partial charge in [0.15, 0.2) is 0 Å². The molecule has 1 N–H and O–H groups in total. The molecule has 1 amide bonds. The first-order valence-electron chi connectivity index (χ1n) is 7.57. The van der Waals surface area contributed by atoms with Gasteiger partial charge in [0.2, 0.25) is 0 Å². The van der Waals surface area contributed by atoms with Gasteiger partial charge >= 0.3 is 6.09 Å². The van der Waals surface area contributed by atoms with Crippen molar-refractivity contribution in [2.24, 2.45) is 0 Å². The molecule has 4 nitrogen and oxygen atoms in total. The smallest absolute Gasteiger partial charge is 0.410 e. The zero-order chi connectivity index (χ0) is 15.6. The Labute approximate surface area is 126 Å². The lowest BCUT2D eigenvalue weighted by atomic mass is 9.94. The SMILES string of the molecule is Cc1cc(C2CCCCN2C(=O)OC(C)(C)C)ccc1O. The third-order valence-corrected chi connectivity index (χ3v) is 3.74. The zero-order valence-corrected chi connectivity index (χ0v) is 13.3. The summed E-state index contributed by atoms with van der Waals surface area (Å²) in [5.41, 5.74) is 1.42. The van der Waals surface area contributed by atoms with Crippen LogP contribution in [0.5, 0.6) is 5.75 Å². The lowest BCUT2D eigenvalue weighted by molar-refractivity contribution is 0.00951. The van der Waals surface area contributed by atoms with Crippen LogP contribution in [0, 0.1) is 6.92 Å². The van der Waals surface area contributed by atoms with Crippen LogP contribution in [0.2, 0.25) is 0 Å². The molecule has 4 heteroatoms. The number of benzene rings is 1. The van der Waals surface area contributed by atoms with E-state index < -0.39 is 5.60 Å². The normalized spacial score (nSPS) is 19.4. The average Bonchev–Trinajstić information content (AvgIpc) is 2.40. The minimum Gasteiger partial charge on any atom is -0.508 e. The third-order valence-electron chi connectivity index (χ3n) is 3.74. The van der Waals surface area contributed by atoms with Gasteiger partial charge < -0.3 is 14.7 Å². The first-order chi connectivity index (χ1) is 9.78. The van der Waals surface area contributed by atoms with E-state index >= 15 is 0 Å². The predicted octanol–water partition coefficient (Wildman–Crippen LogP) is 4.16. The van der Waals surface area contributed by atoms with E-state index in [1.807, 2.05) is 44.7 Å². The van der Waals surface area contributed by atoms with E-state index in [-0.39, 0.29) is 12.1 Å². The van der Waals surface area contributed by atoms with Gasteiger partial charge in [-0.2, -0.15) is 0 Å². The number of phenolic OH excluding ortho intramolecular Hbond substituents is 1. The monoisotopic (exact) mass is 291 g/mol. The van der Waals surface area contributed by atoms with Crippen molar-refractivity contribution in [1.29, 1.82) is 0 Å². The van der Waals surface area contributed by atoms with Gasteiger partial charge in [-0.05, 0) is 64.2 Å². The number of carbonyl (C=O) groups is 1. The van der Waals surface area contributed by atoms with E-state index in [4.69, 9.17) is 4.74 Å². The predicted molar refractivity (Wildman–Crippen MR) is 82.4 cm³/mol. The van der Waals surface area contributed by atoms with Gasteiger partial charge in [0.1, 0.15) is 11.4 Å². The number of aromatic hydroxyl groups is 1. The number of carbonyl (C=O) groups excluding carboxylic acids is 1. The van der Waals surface area contributed by atoms with Crippen LogP contribution in [-0.2, 0) is 4.74 Å². The van der Waals surface area contributed by atoms with E-state index in [0.717, 1.165) is 36.9 Å². The van der Waals surface area contributed by atoms with E-state index in [1.54, 1.807) is 6.07 Å². The Hall–Kier alpha value is -1.71. The zero-order valence-electron chi connectivity index (χ0n) is 13.3. The average molecular weight is 291 g/mol. The number of rotatable bonds is 1. The van der Waals surface area contributed by atoms with Crippen molar-refractivity contribution in [3.63, 3.8) is 0 Å². The minimum absolute atomic E-state index is 0.0351. The molecule has 0 spiro atoms. The van der Waals surface area contributed by atoms with Gasteiger partial charge in [-0.15, -0.1) is 0 Å². The number of nitrogens with zero attached hydrogens (tertiary/aromatic N) is 1. The van der Waals surface area contributed by atoms with Crippen LogP contribution < -0.4 is 0 Å². The van der Waals surface area contributed by atoms with Crippen LogP contribution in [0.4, 0.5) is 4.79 Å². The van der Waals surface area contributed by atoms with E-state index in [2.05, 4.69) is 0 Å². The Morgan fingerprint density at radius 3 is 2.67 bits per heavy atom. The quantitative estimate of drug-likeness (QED) is 0.845. The van der Waals surface area contributed by atoms with Crippen LogP contribution in [0.1, 0.15) is 57.2 Å². The summed E-state index contributed by atoms with van der Waals surface area (Å²) >= 11 is 0. The fourth-order valence-electron chi connectivity index (χ4n) is 2.70. The summed E-state index contributed by atoms with van der Waals surface area (Å²) in [6.45, 7) is 8.25. The van der Waals surface area contributed by atoms with Gasteiger partial charge in [-0.1, -0.05) is 12.1 Å². The molecule has 1 unspecified atom stereocenters. The van der Waals surface area contributed by atoms with Crippen molar-refractivity contribution in [3.05, 3.63) is 29.3 Å². The summed E-state index contributed by atoms with van der Waals surface area (Å²) in [6.07, 6.45) is 2.79. The molecule has 1 fully saturated rings. The van der Waals surface area contributed by atoms with Crippen molar-refractivity contribution in [2.75, 3.05) is 6.54 Å². The summed E-state index contributed by atoms with van der Waals surface area (Å²) < 4.78 is 5.52. The number of likely N-dealkylation sites (tertiary alicyclic amines) is 1. The Morgan fingerprint density at radius 2 is 2.05 bits per heavy atom. The molecule has 0 radical (unpaired) electrons. The summed E-state index contributed by atoms with van der Waals surface area (Å²) in [6, 6.07) is 5.60. The van der Waals surface area contributed by atoms with Crippen molar-refractivity contribution in [2.45, 2.75) is 58.6 Å². The highest BCUT2D eigenvalue weighted by Crippen LogP contribution is 2.33. The summed E-state index contributed by atoms with van der Waals surface area (Å²) in [5, 5.41) is 9.66. The molecule has 1 heterocycles. The Bertz CT molecular complexity index is 519. The number of hydrogen-bond acceptors (Lipinski definition) is 3. The van der Waals surface area contributed by atoms with Crippen LogP contribution in [-0.4, -0.2) is 28.2 Å². The highest BCUT2D eigenvalue weighted by molar-refractivity contribution is 5.69. The van der Waals surface area contributed by atoms with Crippen LogP contribution in [0.15, 0.2) is 18.2 Å². The molecule has 21 heavy (non-hydrogen) atoms. The highest BCUT2D eigenvalue weighted by Gasteiger charge is 2.31. The number of amides is 1. The molecule has 0 aromatic heterocycles. The topological polar surface area (TPSA) is 49.8 Å². The molecule has 116 valence electrons. The second kappa shape index (κ2) is 5.96. The van der Waals surface area contributed by atoms with Crippen LogP contribution in [0.25, 0.3) is 0 Å². The Balaban J connectivity index is 2.22. The molecule has 1 aliphatic rings. The number of hydrogen-bond donors (Lipinski definition) is 1. The molecule has 1 saturated heterocycles. The molecule has 0 aliphatic carbocycles. The van der Waals surface area contributed by atoms with Gasteiger partial charge in [0, 0.05) is 6.54 Å². The molecule has 1 aromatic rings. The van der Waals surface area contributed by atoms with Crippen molar-refractivity contribution >= 4 is 6.09 Å². The second-order valence-corrected chi connectivity index (χ2v) is 6.73. The Kier molecular flexibility index (Phi) is 4.45. The fraction of sp³-hybridized carbons (Fsp3) is 0.588. The molecular formula is C17H25NO3. The molecular weight excluding hydrogens is 266 g/mol. The number of phenols is 1. The van der Waals surface area contributed by atoms with Gasteiger partial charge in [-0.25, -0.2) is 4.79 Å². The van der Waals surface area contributed by atoms with Crippen LogP contribution >= 0.6 is 0 Å². The van der Waals surface area contributed by atoms with Crippen molar-refractivity contribution in [1.82, 2.24) is 4.90 Å². The largest absolute Gasteiger partial charge is 0.508 e. The number of aryl methyl sites for hydroxylation is 1. The standard InChI is InChI=1S/C17H25NO3/c1-12-11-13(8-9-15(12)19)14-7-5-6-10-18(14)16(20)21-17(2,3)4/h8-9,11,14,19H,5-7,10H2,1-4H3. The number of piperidine rings is 1. The lowest BCUT2D eigenvalue weighted by Crippen LogP contribution is -2.41. The highest BCUT2D eigenvalue weighted by atomic mass is 16.6.